The predicted molar refractivity (Wildman–Crippen MR) is 131 cm³/mol. The van der Waals surface area contributed by atoms with E-state index < -0.39 is 0 Å². The first-order chi connectivity index (χ1) is 15.7. The zero-order valence-electron chi connectivity index (χ0n) is 18.1. The van der Waals surface area contributed by atoms with Crippen LogP contribution in [-0.2, 0) is 24.2 Å². The van der Waals surface area contributed by atoms with Crippen LogP contribution in [0.15, 0.2) is 79.0 Å². The molecule has 0 saturated heterocycles. The molecule has 0 fully saturated rings. The summed E-state index contributed by atoms with van der Waals surface area (Å²) >= 11 is 6.40. The number of nitrogens with zero attached hydrogens (tertiary/aromatic N) is 1. The summed E-state index contributed by atoms with van der Waals surface area (Å²) < 4.78 is 2.24. The molecule has 5 rings (SSSR count). The Morgan fingerprint density at radius 1 is 0.969 bits per heavy atom. The number of halogens is 1. The highest BCUT2D eigenvalue weighted by Gasteiger charge is 2.21. The maximum Gasteiger partial charge on any atom is 0.220 e. The Labute approximate surface area is 194 Å². The molecule has 0 aliphatic heterocycles. The molecular weight excluding hydrogens is 416 g/mol. The van der Waals surface area contributed by atoms with Crippen LogP contribution in [0.1, 0.15) is 47.6 Å². The van der Waals surface area contributed by atoms with Crippen molar-refractivity contribution in [2.75, 3.05) is 0 Å². The molecule has 1 atom stereocenters. The highest BCUT2D eigenvalue weighted by molar-refractivity contribution is 6.31. The van der Waals surface area contributed by atoms with Crippen molar-refractivity contribution in [1.82, 2.24) is 9.88 Å². The lowest BCUT2D eigenvalue weighted by atomic mass is 9.87. The fourth-order valence-electron chi connectivity index (χ4n) is 4.88. The standard InChI is InChI=1S/C28H27ClN2O/c29-25-13-5-2-9-22(25)19-31-18-21(24-12-4-6-15-27(24)31)16-17-28(32)30-26-14-7-10-20-8-1-3-11-23(20)26/h1-6,8-9,11-13,15,18,26H,7,10,14,16-17,19H2,(H,30,32)/t26-/m1/s1. The first kappa shape index (κ1) is 20.8. The van der Waals surface area contributed by atoms with Crippen LogP contribution in [0.4, 0.5) is 0 Å². The molecule has 1 aliphatic rings. The van der Waals surface area contributed by atoms with E-state index in [2.05, 4.69) is 70.7 Å². The molecule has 1 amide bonds. The lowest BCUT2D eigenvalue weighted by Gasteiger charge is -2.26. The number of para-hydroxylation sites is 1. The van der Waals surface area contributed by atoms with Gasteiger partial charge in [-0.3, -0.25) is 4.79 Å². The van der Waals surface area contributed by atoms with Crippen LogP contribution in [0, 0.1) is 0 Å². The van der Waals surface area contributed by atoms with Crippen molar-refractivity contribution in [2.24, 2.45) is 0 Å². The Hall–Kier alpha value is -3.04. The Balaban J connectivity index is 1.31. The van der Waals surface area contributed by atoms with E-state index >= 15 is 0 Å². The molecule has 162 valence electrons. The Morgan fingerprint density at radius 2 is 1.75 bits per heavy atom. The minimum Gasteiger partial charge on any atom is -0.349 e. The van der Waals surface area contributed by atoms with Crippen molar-refractivity contribution < 1.29 is 4.79 Å². The van der Waals surface area contributed by atoms with Gasteiger partial charge in [0.1, 0.15) is 0 Å². The van der Waals surface area contributed by atoms with E-state index in [1.54, 1.807) is 0 Å². The first-order valence-electron chi connectivity index (χ1n) is 11.4. The van der Waals surface area contributed by atoms with Crippen LogP contribution in [0.25, 0.3) is 10.9 Å². The number of rotatable bonds is 6. The second-order valence-electron chi connectivity index (χ2n) is 8.60. The van der Waals surface area contributed by atoms with Gasteiger partial charge < -0.3 is 9.88 Å². The van der Waals surface area contributed by atoms with Crippen LogP contribution in [-0.4, -0.2) is 10.5 Å². The average Bonchev–Trinajstić information content (AvgIpc) is 3.17. The summed E-state index contributed by atoms with van der Waals surface area (Å²) in [5, 5.41) is 5.27. The maximum atomic E-state index is 12.8. The molecule has 3 nitrogen and oxygen atoms in total. The van der Waals surface area contributed by atoms with Crippen molar-refractivity contribution in [3.63, 3.8) is 0 Å². The van der Waals surface area contributed by atoms with Gasteiger partial charge in [0.25, 0.3) is 0 Å². The van der Waals surface area contributed by atoms with Gasteiger partial charge in [0.15, 0.2) is 0 Å². The molecular formula is C28H27ClN2O. The molecule has 0 bridgehead atoms. The number of aromatic nitrogens is 1. The highest BCUT2D eigenvalue weighted by atomic mass is 35.5. The van der Waals surface area contributed by atoms with Crippen molar-refractivity contribution >= 4 is 28.4 Å². The van der Waals surface area contributed by atoms with Crippen molar-refractivity contribution in [3.8, 4) is 0 Å². The van der Waals surface area contributed by atoms with E-state index in [9.17, 15) is 4.79 Å². The van der Waals surface area contributed by atoms with E-state index in [4.69, 9.17) is 11.6 Å². The number of aryl methyl sites for hydroxylation is 2. The number of benzene rings is 3. The lowest BCUT2D eigenvalue weighted by molar-refractivity contribution is -0.121. The second-order valence-corrected chi connectivity index (χ2v) is 9.01. The smallest absolute Gasteiger partial charge is 0.220 e. The minimum atomic E-state index is 0.120. The number of fused-ring (bicyclic) bond motifs is 2. The van der Waals surface area contributed by atoms with Gasteiger partial charge in [-0.1, -0.05) is 72.3 Å². The number of hydrogen-bond acceptors (Lipinski definition) is 1. The zero-order chi connectivity index (χ0) is 21.9. The molecule has 4 aromatic rings. The first-order valence-corrected chi connectivity index (χ1v) is 11.7. The molecule has 0 spiro atoms. The van der Waals surface area contributed by atoms with Gasteiger partial charge in [-0.2, -0.15) is 0 Å². The van der Waals surface area contributed by atoms with Gasteiger partial charge in [0.2, 0.25) is 5.91 Å². The van der Waals surface area contributed by atoms with E-state index in [1.807, 2.05) is 18.2 Å². The summed E-state index contributed by atoms with van der Waals surface area (Å²) in [6.45, 7) is 0.714. The summed E-state index contributed by atoms with van der Waals surface area (Å²) in [5.74, 6) is 0.120. The van der Waals surface area contributed by atoms with Crippen LogP contribution in [0.3, 0.4) is 0 Å². The largest absolute Gasteiger partial charge is 0.349 e. The maximum absolute atomic E-state index is 12.8. The van der Waals surface area contributed by atoms with E-state index in [-0.39, 0.29) is 11.9 Å². The van der Waals surface area contributed by atoms with E-state index in [0.29, 0.717) is 13.0 Å². The van der Waals surface area contributed by atoms with Gasteiger partial charge in [-0.05, 0) is 60.1 Å². The summed E-state index contributed by atoms with van der Waals surface area (Å²) in [4.78, 5) is 12.8. The van der Waals surface area contributed by atoms with E-state index in [0.717, 1.165) is 36.3 Å². The molecule has 1 aliphatic carbocycles. The monoisotopic (exact) mass is 442 g/mol. The third kappa shape index (κ3) is 4.31. The van der Waals surface area contributed by atoms with Crippen LogP contribution in [0.2, 0.25) is 5.02 Å². The number of hydrogen-bond donors (Lipinski definition) is 1. The minimum absolute atomic E-state index is 0.120. The van der Waals surface area contributed by atoms with Crippen molar-refractivity contribution in [2.45, 2.75) is 44.7 Å². The van der Waals surface area contributed by atoms with Gasteiger partial charge in [-0.15, -0.1) is 0 Å². The molecule has 32 heavy (non-hydrogen) atoms. The molecule has 3 aromatic carbocycles. The molecule has 1 N–H and O–H groups in total. The topological polar surface area (TPSA) is 34.0 Å². The number of carbonyl (C=O) groups is 1. The zero-order valence-corrected chi connectivity index (χ0v) is 18.8. The number of amides is 1. The normalized spacial score (nSPS) is 15.5. The van der Waals surface area contributed by atoms with Gasteiger partial charge in [0.05, 0.1) is 6.04 Å². The highest BCUT2D eigenvalue weighted by Crippen LogP contribution is 2.30. The van der Waals surface area contributed by atoms with Crippen LogP contribution >= 0.6 is 11.6 Å². The third-order valence-corrected chi connectivity index (χ3v) is 6.86. The predicted octanol–water partition coefficient (Wildman–Crippen LogP) is 6.47. The van der Waals surface area contributed by atoms with Gasteiger partial charge in [-0.25, -0.2) is 0 Å². The Kier molecular flexibility index (Phi) is 6.00. The molecule has 1 aromatic heterocycles. The molecule has 0 unspecified atom stereocenters. The van der Waals surface area contributed by atoms with Crippen LogP contribution < -0.4 is 5.32 Å². The summed E-state index contributed by atoms with van der Waals surface area (Å²) in [5.41, 5.74) is 6.11. The summed E-state index contributed by atoms with van der Waals surface area (Å²) in [7, 11) is 0. The number of carbonyl (C=O) groups excluding carboxylic acids is 1. The molecule has 1 heterocycles. The molecule has 0 saturated carbocycles. The number of nitrogens with one attached hydrogen (secondary N) is 1. The van der Waals surface area contributed by atoms with E-state index in [1.165, 1.54) is 27.6 Å². The summed E-state index contributed by atoms with van der Waals surface area (Å²) in [6.07, 6.45) is 6.62. The average molecular weight is 443 g/mol. The molecule has 4 heteroatoms. The van der Waals surface area contributed by atoms with Crippen molar-refractivity contribution in [1.29, 1.82) is 0 Å². The SMILES string of the molecule is O=C(CCc1cn(Cc2ccccc2Cl)c2ccccc12)N[C@@H]1CCCc2ccccc21. The third-order valence-electron chi connectivity index (χ3n) is 6.50. The second kappa shape index (κ2) is 9.22. The molecule has 0 radical (unpaired) electrons. The Bertz CT molecular complexity index is 1260. The fraction of sp³-hybridized carbons (Fsp3) is 0.250. The van der Waals surface area contributed by atoms with Crippen LogP contribution in [0.5, 0.6) is 0 Å². The van der Waals surface area contributed by atoms with Gasteiger partial charge >= 0.3 is 0 Å². The lowest BCUT2D eigenvalue weighted by Crippen LogP contribution is -2.31. The van der Waals surface area contributed by atoms with Crippen molar-refractivity contribution in [3.05, 3.63) is 106 Å². The quantitative estimate of drug-likeness (QED) is 0.365. The summed E-state index contributed by atoms with van der Waals surface area (Å²) in [6, 6.07) is 25.0. The Morgan fingerprint density at radius 3 is 2.66 bits per heavy atom. The van der Waals surface area contributed by atoms with Gasteiger partial charge in [0, 0.05) is 35.1 Å². The fourth-order valence-corrected chi connectivity index (χ4v) is 5.08.